The van der Waals surface area contributed by atoms with Crippen molar-refractivity contribution in [2.24, 2.45) is 17.3 Å². The van der Waals surface area contributed by atoms with Crippen molar-refractivity contribution in [2.45, 2.75) is 123 Å². The second kappa shape index (κ2) is 17.9. The number of unbranched alkanes of at least 4 members (excludes halogenated alkanes) is 4. The minimum atomic E-state index is -1.22. The minimum Gasteiger partial charge on any atom is -0.391 e. The number of ether oxygens (including phenoxy) is 2. The van der Waals surface area contributed by atoms with Gasteiger partial charge in [0, 0.05) is 32.1 Å². The lowest BCUT2D eigenvalue weighted by molar-refractivity contribution is -0.134. The first-order valence-corrected chi connectivity index (χ1v) is 14.6. The summed E-state index contributed by atoms with van der Waals surface area (Å²) in [5.74, 6) is -0.187. The van der Waals surface area contributed by atoms with Gasteiger partial charge in [-0.05, 0) is 25.2 Å². The maximum atomic E-state index is 13.0. The molecule has 0 heterocycles. The number of Topliss-reactive ketones (excluding diaryl/α,β-unsaturated/α-hetero) is 1. The molecule has 0 spiro atoms. The number of hydrogen-bond acceptors (Lipinski definition) is 6. The van der Waals surface area contributed by atoms with Gasteiger partial charge in [0.15, 0.2) is 5.78 Å². The Morgan fingerprint density at radius 1 is 1.18 bits per heavy atom. The van der Waals surface area contributed by atoms with E-state index in [2.05, 4.69) is 25.2 Å². The molecule has 1 aliphatic carbocycles. The first-order valence-electron chi connectivity index (χ1n) is 14.6. The van der Waals surface area contributed by atoms with Crippen LogP contribution in [0.2, 0.25) is 0 Å². The number of ketones is 1. The van der Waals surface area contributed by atoms with E-state index in [1.807, 2.05) is 13.0 Å². The number of methoxy groups -OCH3 is 2. The van der Waals surface area contributed by atoms with E-state index in [4.69, 9.17) is 9.47 Å². The summed E-state index contributed by atoms with van der Waals surface area (Å²) in [4.78, 5) is 25.6. The van der Waals surface area contributed by atoms with Crippen molar-refractivity contribution >= 4 is 11.7 Å². The van der Waals surface area contributed by atoms with Crippen LogP contribution in [-0.4, -0.2) is 67.1 Å². The predicted molar refractivity (Wildman–Crippen MR) is 153 cm³/mol. The Balaban J connectivity index is 2.53. The van der Waals surface area contributed by atoms with Gasteiger partial charge in [-0.2, -0.15) is 0 Å². The van der Waals surface area contributed by atoms with Gasteiger partial charge in [0.25, 0.3) is 0 Å². The van der Waals surface area contributed by atoms with Crippen LogP contribution in [0.5, 0.6) is 0 Å². The number of carbonyl (C=O) groups is 2. The lowest BCUT2D eigenvalue weighted by atomic mass is 9.68. The average molecular weight is 538 g/mol. The van der Waals surface area contributed by atoms with Crippen molar-refractivity contribution in [3.8, 4) is 0 Å². The summed E-state index contributed by atoms with van der Waals surface area (Å²) in [5.41, 5.74) is -0.792. The normalized spacial score (nSPS) is 22.7. The number of hydrogen-bond donors (Lipinski definition) is 3. The molecular weight excluding hydrogens is 482 g/mol. The lowest BCUT2D eigenvalue weighted by Gasteiger charge is -2.39. The second-order valence-electron chi connectivity index (χ2n) is 11.7. The highest BCUT2D eigenvalue weighted by Crippen LogP contribution is 2.37. The number of allylic oxidation sites excluding steroid dienone is 1. The van der Waals surface area contributed by atoms with Crippen LogP contribution >= 0.6 is 0 Å². The van der Waals surface area contributed by atoms with E-state index in [-0.39, 0.29) is 42.3 Å². The van der Waals surface area contributed by atoms with Crippen molar-refractivity contribution in [1.82, 2.24) is 5.32 Å². The summed E-state index contributed by atoms with van der Waals surface area (Å²) < 4.78 is 10.9. The standard InChI is InChI=1S/C31H55NO6/c1-8-9-10-11-13-16-22(2)19-24(38-7)17-14-12-15-18-27(33)32-26(21-37-6)28(34)25-20-23(3)29(35)31(4,5)30(25)36/h12,14,20,22-24,26,28-29,34-35H,8-11,13,15-19,21H2,1-7H3,(H,32,33)/b14-12+/t22-,23-,24-,26+,28-,29+/m0/s1. The number of nitrogens with one attached hydrogen (secondary N) is 1. The zero-order valence-electron chi connectivity index (χ0n) is 25.0. The first kappa shape index (κ1) is 34.5. The predicted octanol–water partition coefficient (Wildman–Crippen LogP) is 5.14. The van der Waals surface area contributed by atoms with Crippen LogP contribution in [0, 0.1) is 17.3 Å². The average Bonchev–Trinajstić information content (AvgIpc) is 2.88. The Bertz CT molecular complexity index is 761. The molecule has 0 unspecified atom stereocenters. The largest absolute Gasteiger partial charge is 0.391 e. The van der Waals surface area contributed by atoms with Crippen LogP contribution < -0.4 is 5.32 Å². The van der Waals surface area contributed by atoms with Gasteiger partial charge in [-0.1, -0.05) is 91.4 Å². The molecule has 1 aliphatic rings. The van der Waals surface area contributed by atoms with Gasteiger partial charge in [-0.15, -0.1) is 0 Å². The first-order chi connectivity index (χ1) is 18.0. The Hall–Kier alpha value is -1.54. The number of carbonyl (C=O) groups excluding carboxylic acids is 2. The molecular formula is C31H55NO6. The summed E-state index contributed by atoms with van der Waals surface area (Å²) in [5, 5.41) is 24.2. The molecule has 0 bridgehead atoms. The molecule has 0 fully saturated rings. The molecule has 0 radical (unpaired) electrons. The third-order valence-electron chi connectivity index (χ3n) is 7.82. The van der Waals surface area contributed by atoms with Crippen LogP contribution in [-0.2, 0) is 19.1 Å². The molecule has 7 nitrogen and oxygen atoms in total. The molecule has 6 atom stereocenters. The molecule has 0 aromatic rings. The number of amides is 1. The van der Waals surface area contributed by atoms with Gasteiger partial charge in [0.2, 0.25) is 5.91 Å². The number of aliphatic hydroxyl groups excluding tert-OH is 2. The van der Waals surface area contributed by atoms with Crippen LogP contribution in [0.3, 0.4) is 0 Å². The van der Waals surface area contributed by atoms with E-state index in [1.54, 1.807) is 27.0 Å². The van der Waals surface area contributed by atoms with E-state index in [0.29, 0.717) is 12.3 Å². The van der Waals surface area contributed by atoms with E-state index in [1.165, 1.54) is 45.6 Å². The Labute approximate surface area is 231 Å². The molecule has 0 aromatic heterocycles. The van der Waals surface area contributed by atoms with E-state index in [9.17, 15) is 19.8 Å². The minimum absolute atomic E-state index is 0.0665. The molecule has 1 amide bonds. The van der Waals surface area contributed by atoms with Crippen molar-refractivity contribution in [2.75, 3.05) is 20.8 Å². The topological polar surface area (TPSA) is 105 Å². The summed E-state index contributed by atoms with van der Waals surface area (Å²) >= 11 is 0. The van der Waals surface area contributed by atoms with Crippen LogP contribution in [0.15, 0.2) is 23.8 Å². The second-order valence-corrected chi connectivity index (χ2v) is 11.7. The molecule has 3 N–H and O–H groups in total. The monoisotopic (exact) mass is 537 g/mol. The van der Waals surface area contributed by atoms with Crippen molar-refractivity contribution in [3.05, 3.63) is 23.8 Å². The maximum Gasteiger partial charge on any atom is 0.220 e. The van der Waals surface area contributed by atoms with Gasteiger partial charge in [0.05, 0.1) is 30.3 Å². The zero-order valence-corrected chi connectivity index (χ0v) is 25.0. The lowest BCUT2D eigenvalue weighted by Crippen LogP contribution is -2.52. The fourth-order valence-electron chi connectivity index (χ4n) is 5.27. The third-order valence-corrected chi connectivity index (χ3v) is 7.82. The van der Waals surface area contributed by atoms with E-state index in [0.717, 1.165) is 12.8 Å². The van der Waals surface area contributed by atoms with Crippen molar-refractivity contribution in [1.29, 1.82) is 0 Å². The number of aliphatic hydroxyl groups is 2. The van der Waals surface area contributed by atoms with E-state index >= 15 is 0 Å². The highest BCUT2D eigenvalue weighted by atomic mass is 16.5. The Kier molecular flexibility index (Phi) is 16.3. The van der Waals surface area contributed by atoms with Crippen molar-refractivity contribution in [3.63, 3.8) is 0 Å². The fraction of sp³-hybridized carbons (Fsp3) is 0.806. The zero-order chi connectivity index (χ0) is 28.7. The third kappa shape index (κ3) is 11.3. The highest BCUT2D eigenvalue weighted by molar-refractivity contribution is 6.01. The molecule has 0 saturated heterocycles. The molecule has 220 valence electrons. The van der Waals surface area contributed by atoms with Crippen LogP contribution in [0.25, 0.3) is 0 Å². The highest BCUT2D eigenvalue weighted by Gasteiger charge is 2.46. The maximum absolute atomic E-state index is 13.0. The quantitative estimate of drug-likeness (QED) is 0.156. The van der Waals surface area contributed by atoms with Gasteiger partial charge >= 0.3 is 0 Å². The molecule has 0 saturated carbocycles. The van der Waals surface area contributed by atoms with Crippen LogP contribution in [0.1, 0.15) is 98.8 Å². The van der Waals surface area contributed by atoms with Gasteiger partial charge in [0.1, 0.15) is 6.10 Å². The Morgan fingerprint density at radius 2 is 1.87 bits per heavy atom. The van der Waals surface area contributed by atoms with Gasteiger partial charge in [-0.25, -0.2) is 0 Å². The summed E-state index contributed by atoms with van der Waals surface area (Å²) in [7, 11) is 3.25. The fourth-order valence-corrected chi connectivity index (χ4v) is 5.27. The Morgan fingerprint density at radius 3 is 2.50 bits per heavy atom. The molecule has 0 aliphatic heterocycles. The summed E-state index contributed by atoms with van der Waals surface area (Å²) in [6.45, 7) is 9.77. The number of rotatable bonds is 19. The summed E-state index contributed by atoms with van der Waals surface area (Å²) in [6.07, 6.45) is 14.3. The van der Waals surface area contributed by atoms with Gasteiger partial charge < -0.3 is 25.0 Å². The molecule has 7 heteroatoms. The van der Waals surface area contributed by atoms with E-state index < -0.39 is 23.7 Å². The molecule has 1 rings (SSSR count). The van der Waals surface area contributed by atoms with Crippen molar-refractivity contribution < 1.29 is 29.3 Å². The SMILES string of the molecule is CCCCCCC[C@H](C)C[C@H](C/C=C/CCC(=O)N[C@H](COC)[C@@H](O)C1=C[C@H](C)[C@@H](O)C(C)(C)C1=O)OC. The molecule has 0 aromatic carbocycles. The van der Waals surface area contributed by atoms with Crippen LogP contribution in [0.4, 0.5) is 0 Å². The molecule has 38 heavy (non-hydrogen) atoms. The summed E-state index contributed by atoms with van der Waals surface area (Å²) in [6, 6.07) is -0.758. The van der Waals surface area contributed by atoms with Gasteiger partial charge in [-0.3, -0.25) is 9.59 Å². The smallest absolute Gasteiger partial charge is 0.220 e.